The molecule has 1 aromatic rings. The molecule has 0 aliphatic carbocycles. The molecule has 0 amide bonds. The molecule has 0 heterocycles. The fourth-order valence-corrected chi connectivity index (χ4v) is 1.59. The van der Waals surface area contributed by atoms with Gasteiger partial charge >= 0.3 is 18.0 Å². The van der Waals surface area contributed by atoms with Crippen LogP contribution in [0.4, 0.5) is 30.7 Å². The smallest absolute Gasteiger partial charge is 0.218 e. The second-order valence-corrected chi connectivity index (χ2v) is 4.43. The third-order valence-corrected chi connectivity index (χ3v) is 2.76. The Kier molecular flexibility index (Phi) is 3.89. The molecule has 108 valence electrons. The maximum atomic E-state index is 13.6. The molecule has 0 N–H and O–H groups in total. The van der Waals surface area contributed by atoms with Crippen LogP contribution in [0.15, 0.2) is 24.3 Å². The van der Waals surface area contributed by atoms with Gasteiger partial charge in [-0.25, -0.2) is 4.39 Å². The number of hydrogen-bond acceptors (Lipinski definition) is 0. The first-order chi connectivity index (χ1) is 8.41. The van der Waals surface area contributed by atoms with Gasteiger partial charge in [-0.3, -0.25) is 0 Å². The van der Waals surface area contributed by atoms with Gasteiger partial charge in [0, 0.05) is 5.56 Å². The van der Waals surface area contributed by atoms with Crippen LogP contribution in [-0.4, -0.2) is 12.4 Å². The van der Waals surface area contributed by atoms with Gasteiger partial charge in [0.15, 0.2) is 0 Å². The topological polar surface area (TPSA) is 0 Å². The lowest BCUT2D eigenvalue weighted by molar-refractivity contribution is -0.348. The Morgan fingerprint density at radius 2 is 1.11 bits per heavy atom. The summed E-state index contributed by atoms with van der Waals surface area (Å²) < 4.78 is 88.3. The van der Waals surface area contributed by atoms with Gasteiger partial charge in [0.25, 0.3) is 0 Å². The van der Waals surface area contributed by atoms with E-state index in [0.29, 0.717) is 17.7 Å². The van der Waals surface area contributed by atoms with Crippen LogP contribution in [0.5, 0.6) is 0 Å². The van der Waals surface area contributed by atoms with Gasteiger partial charge in [0.1, 0.15) is 0 Å². The highest BCUT2D eigenvalue weighted by atomic mass is 19.4. The molecule has 0 spiro atoms. The molecule has 0 nitrogen and oxygen atoms in total. The quantitative estimate of drug-likeness (QED) is 0.664. The lowest BCUT2D eigenvalue weighted by atomic mass is 9.91. The van der Waals surface area contributed by atoms with E-state index in [-0.39, 0.29) is 5.92 Å². The van der Waals surface area contributed by atoms with Crippen molar-refractivity contribution in [3.8, 4) is 0 Å². The highest BCUT2D eigenvalue weighted by Crippen LogP contribution is 2.53. The summed E-state index contributed by atoms with van der Waals surface area (Å²) in [6.45, 7) is 3.43. The number of rotatable bonds is 2. The zero-order chi connectivity index (χ0) is 15.1. The maximum Gasteiger partial charge on any atom is 0.435 e. The first-order valence-corrected chi connectivity index (χ1v) is 5.34. The van der Waals surface area contributed by atoms with Gasteiger partial charge in [0.05, 0.1) is 0 Å². The van der Waals surface area contributed by atoms with Crippen molar-refractivity contribution < 1.29 is 30.7 Å². The summed E-state index contributed by atoms with van der Waals surface area (Å²) in [6, 6.07) is 3.17. The van der Waals surface area contributed by atoms with Crippen LogP contribution >= 0.6 is 0 Å². The van der Waals surface area contributed by atoms with Gasteiger partial charge in [-0.2, -0.15) is 26.3 Å². The number of halogens is 7. The minimum atomic E-state index is -6.06. The Bertz CT molecular complexity index is 411. The molecule has 0 aliphatic rings. The van der Waals surface area contributed by atoms with Gasteiger partial charge in [0.2, 0.25) is 0 Å². The average Bonchev–Trinajstić information content (AvgIpc) is 2.25. The molecule has 0 aliphatic heterocycles. The second kappa shape index (κ2) is 4.68. The minimum absolute atomic E-state index is 0.0835. The van der Waals surface area contributed by atoms with Crippen LogP contribution in [0.25, 0.3) is 0 Å². The molecule has 1 aromatic carbocycles. The van der Waals surface area contributed by atoms with Crippen LogP contribution in [-0.2, 0) is 5.67 Å². The summed E-state index contributed by atoms with van der Waals surface area (Å²) in [4.78, 5) is 0. The predicted molar refractivity (Wildman–Crippen MR) is 55.4 cm³/mol. The Morgan fingerprint density at radius 1 is 0.737 bits per heavy atom. The molecule has 7 heteroatoms. The molecule has 0 aromatic heterocycles. The Balaban J connectivity index is 3.36. The third kappa shape index (κ3) is 2.69. The Labute approximate surface area is 105 Å². The van der Waals surface area contributed by atoms with E-state index in [0.717, 1.165) is 12.1 Å². The standard InChI is InChI=1S/C12H11F7/c1-7(2)8-3-5-9(6-4-8)10(13,11(14,15)16)12(17,18)19/h3-7H,1-2H3. The van der Waals surface area contributed by atoms with Gasteiger partial charge in [-0.05, 0) is 11.5 Å². The predicted octanol–water partition coefficient (Wildman–Crippen LogP) is 5.10. The largest absolute Gasteiger partial charge is 0.435 e. The summed E-state index contributed by atoms with van der Waals surface area (Å²) in [6.07, 6.45) is -12.1. The number of benzene rings is 1. The van der Waals surface area contributed by atoms with Crippen LogP contribution in [0, 0.1) is 0 Å². The maximum absolute atomic E-state index is 13.6. The summed E-state index contributed by atoms with van der Waals surface area (Å²) in [7, 11) is 0. The SMILES string of the molecule is CC(C)c1ccc(C(F)(C(F)(F)F)C(F)(F)F)cc1. The molecule has 0 saturated heterocycles. The van der Waals surface area contributed by atoms with E-state index in [1.54, 1.807) is 13.8 Å². The monoisotopic (exact) mass is 288 g/mol. The second-order valence-electron chi connectivity index (χ2n) is 4.43. The molecule has 0 unspecified atom stereocenters. The summed E-state index contributed by atoms with van der Waals surface area (Å²) >= 11 is 0. The van der Waals surface area contributed by atoms with Gasteiger partial charge in [-0.15, -0.1) is 0 Å². The summed E-state index contributed by atoms with van der Waals surface area (Å²) in [5, 5.41) is 0. The molecule has 0 radical (unpaired) electrons. The van der Waals surface area contributed by atoms with E-state index in [1.807, 2.05) is 0 Å². The lowest BCUT2D eigenvalue weighted by Gasteiger charge is -2.30. The fourth-order valence-electron chi connectivity index (χ4n) is 1.59. The van der Waals surface area contributed by atoms with Crippen LogP contribution in [0.2, 0.25) is 0 Å². The zero-order valence-electron chi connectivity index (χ0n) is 10.0. The average molecular weight is 288 g/mol. The van der Waals surface area contributed by atoms with E-state index in [2.05, 4.69) is 0 Å². The van der Waals surface area contributed by atoms with E-state index >= 15 is 0 Å². The lowest BCUT2D eigenvalue weighted by Crippen LogP contribution is -2.50. The number of hydrogen-bond donors (Lipinski definition) is 0. The molecule has 0 saturated carbocycles. The van der Waals surface area contributed by atoms with Crippen molar-refractivity contribution in [2.75, 3.05) is 0 Å². The highest BCUT2D eigenvalue weighted by molar-refractivity contribution is 5.31. The van der Waals surface area contributed by atoms with Crippen molar-refractivity contribution in [1.29, 1.82) is 0 Å². The molecule has 0 atom stereocenters. The van der Waals surface area contributed by atoms with Gasteiger partial charge < -0.3 is 0 Å². The van der Waals surface area contributed by atoms with Gasteiger partial charge in [-0.1, -0.05) is 38.1 Å². The number of alkyl halides is 7. The zero-order valence-corrected chi connectivity index (χ0v) is 10.0. The molecular formula is C12H11F7. The molecule has 0 fully saturated rings. The van der Waals surface area contributed by atoms with Crippen molar-refractivity contribution >= 4 is 0 Å². The van der Waals surface area contributed by atoms with E-state index < -0.39 is 23.6 Å². The van der Waals surface area contributed by atoms with Crippen molar-refractivity contribution in [3.63, 3.8) is 0 Å². The van der Waals surface area contributed by atoms with Crippen LogP contribution < -0.4 is 0 Å². The fraction of sp³-hybridized carbons (Fsp3) is 0.500. The molecule has 0 bridgehead atoms. The van der Waals surface area contributed by atoms with Crippen LogP contribution in [0.1, 0.15) is 30.9 Å². The highest BCUT2D eigenvalue weighted by Gasteiger charge is 2.73. The van der Waals surface area contributed by atoms with E-state index in [4.69, 9.17) is 0 Å². The Morgan fingerprint density at radius 3 is 1.37 bits per heavy atom. The van der Waals surface area contributed by atoms with Crippen molar-refractivity contribution in [2.24, 2.45) is 0 Å². The van der Waals surface area contributed by atoms with Crippen molar-refractivity contribution in [3.05, 3.63) is 35.4 Å². The minimum Gasteiger partial charge on any atom is -0.218 e. The summed E-state index contributed by atoms with van der Waals surface area (Å²) in [5.41, 5.74) is -6.29. The molecule has 19 heavy (non-hydrogen) atoms. The summed E-state index contributed by atoms with van der Waals surface area (Å²) in [5.74, 6) is -0.0835. The van der Waals surface area contributed by atoms with E-state index in [1.165, 1.54) is 0 Å². The van der Waals surface area contributed by atoms with Crippen molar-refractivity contribution in [2.45, 2.75) is 37.8 Å². The third-order valence-electron chi connectivity index (χ3n) is 2.76. The normalized spacial score (nSPS) is 14.0. The van der Waals surface area contributed by atoms with E-state index in [9.17, 15) is 30.7 Å². The molecule has 1 rings (SSSR count). The molecular weight excluding hydrogens is 277 g/mol. The first-order valence-electron chi connectivity index (χ1n) is 5.34. The Hall–Kier alpha value is -1.27. The van der Waals surface area contributed by atoms with Crippen molar-refractivity contribution in [1.82, 2.24) is 0 Å². The first kappa shape index (κ1) is 15.8. The van der Waals surface area contributed by atoms with Crippen LogP contribution in [0.3, 0.4) is 0 Å².